The Hall–Kier alpha value is -2.46. The first kappa shape index (κ1) is 17.9. The lowest BCUT2D eigenvalue weighted by molar-refractivity contribution is 0.185. The van der Waals surface area contributed by atoms with Gasteiger partial charge in [0.25, 0.3) is 0 Å². The van der Waals surface area contributed by atoms with E-state index in [1.807, 2.05) is 38.1 Å². The zero-order chi connectivity index (χ0) is 17.5. The quantitative estimate of drug-likeness (QED) is 0.741. The van der Waals surface area contributed by atoms with E-state index >= 15 is 0 Å². The first-order valence-corrected chi connectivity index (χ1v) is 8.26. The van der Waals surface area contributed by atoms with Crippen LogP contribution in [-0.2, 0) is 11.3 Å². The number of rotatable bonds is 4. The maximum Gasteiger partial charge on any atom is 0.181 e. The summed E-state index contributed by atoms with van der Waals surface area (Å²) in [5, 5.41) is 7.39. The number of aryl methyl sites for hydroxylation is 2. The molecule has 0 atom stereocenters. The van der Waals surface area contributed by atoms with E-state index in [1.165, 1.54) is 11.1 Å². The highest BCUT2D eigenvalue weighted by molar-refractivity contribution is 5.64. The van der Waals surface area contributed by atoms with Gasteiger partial charge >= 0.3 is 0 Å². The molecule has 0 aliphatic rings. The zero-order valence-corrected chi connectivity index (χ0v) is 15.1. The molecule has 0 aliphatic carbocycles. The van der Waals surface area contributed by atoms with Gasteiger partial charge in [0, 0.05) is 18.2 Å². The van der Waals surface area contributed by atoms with Crippen molar-refractivity contribution >= 4 is 0 Å². The lowest BCUT2D eigenvalue weighted by atomic mass is 10.1. The van der Waals surface area contributed by atoms with Crippen molar-refractivity contribution in [1.29, 1.82) is 0 Å². The van der Waals surface area contributed by atoms with Crippen LogP contribution >= 0.6 is 0 Å². The summed E-state index contributed by atoms with van der Waals surface area (Å²) in [5.74, 6) is 1.48. The number of aromatic nitrogens is 3. The maximum absolute atomic E-state index is 5.25. The van der Waals surface area contributed by atoms with E-state index in [9.17, 15) is 0 Å². The fourth-order valence-electron chi connectivity index (χ4n) is 2.42. The molecule has 2 aromatic carbocycles. The monoisotopic (exact) mass is 323 g/mol. The number of H-pyrrole nitrogens is 1. The molecule has 0 saturated heterocycles. The standard InChI is InChI=1S/C18H19N3O.C2H6/c1-12-8-9-14(10-13(12)2)17-19-18(21-20-17)16-7-5-4-6-15(16)11-22-3;1-2/h4-10H,11H2,1-3H3,(H,19,20,21);1-2H3. The second-order valence-electron chi connectivity index (χ2n) is 5.40. The second kappa shape index (κ2) is 8.41. The number of ether oxygens (including phenoxy) is 1. The highest BCUT2D eigenvalue weighted by atomic mass is 16.5. The fraction of sp³-hybridized carbons (Fsp3) is 0.300. The lowest BCUT2D eigenvalue weighted by Gasteiger charge is -2.05. The number of methoxy groups -OCH3 is 1. The van der Waals surface area contributed by atoms with Crippen LogP contribution in [0.5, 0.6) is 0 Å². The van der Waals surface area contributed by atoms with Gasteiger partial charge < -0.3 is 4.74 Å². The third-order valence-corrected chi connectivity index (χ3v) is 3.82. The van der Waals surface area contributed by atoms with Crippen LogP contribution in [-0.4, -0.2) is 22.3 Å². The van der Waals surface area contributed by atoms with E-state index in [1.54, 1.807) is 7.11 Å². The molecule has 0 aliphatic heterocycles. The van der Waals surface area contributed by atoms with Gasteiger partial charge in [0.05, 0.1) is 6.61 Å². The van der Waals surface area contributed by atoms with Crippen molar-refractivity contribution in [2.24, 2.45) is 0 Å². The minimum Gasteiger partial charge on any atom is -0.380 e. The second-order valence-corrected chi connectivity index (χ2v) is 5.40. The number of aromatic amines is 1. The topological polar surface area (TPSA) is 50.8 Å². The number of hydrogen-bond acceptors (Lipinski definition) is 3. The third kappa shape index (κ3) is 3.89. The summed E-state index contributed by atoms with van der Waals surface area (Å²) in [6.07, 6.45) is 0. The Labute approximate surface area is 143 Å². The predicted molar refractivity (Wildman–Crippen MR) is 98.8 cm³/mol. The van der Waals surface area contributed by atoms with E-state index < -0.39 is 0 Å². The molecular formula is C20H25N3O. The van der Waals surface area contributed by atoms with Crippen LogP contribution in [0.2, 0.25) is 0 Å². The Balaban J connectivity index is 0.00000100. The molecule has 4 heteroatoms. The van der Waals surface area contributed by atoms with Crippen LogP contribution < -0.4 is 0 Å². The van der Waals surface area contributed by atoms with Crippen LogP contribution in [0.15, 0.2) is 42.5 Å². The first-order valence-electron chi connectivity index (χ1n) is 8.26. The number of nitrogens with one attached hydrogen (secondary N) is 1. The molecule has 0 saturated carbocycles. The van der Waals surface area contributed by atoms with Gasteiger partial charge in [-0.2, -0.15) is 5.10 Å². The summed E-state index contributed by atoms with van der Waals surface area (Å²) in [6, 6.07) is 14.3. The highest BCUT2D eigenvalue weighted by Crippen LogP contribution is 2.24. The van der Waals surface area contributed by atoms with Crippen LogP contribution in [0.3, 0.4) is 0 Å². The van der Waals surface area contributed by atoms with E-state index in [0.29, 0.717) is 12.4 Å². The van der Waals surface area contributed by atoms with Gasteiger partial charge in [0.2, 0.25) is 0 Å². The molecular weight excluding hydrogens is 298 g/mol. The van der Waals surface area contributed by atoms with Gasteiger partial charge in [0.15, 0.2) is 11.6 Å². The number of nitrogens with zero attached hydrogens (tertiary/aromatic N) is 2. The molecule has 0 amide bonds. The van der Waals surface area contributed by atoms with Crippen LogP contribution in [0.25, 0.3) is 22.8 Å². The minimum atomic E-state index is 0.551. The Bertz CT molecular complexity index is 793. The van der Waals surface area contributed by atoms with Gasteiger partial charge in [-0.3, -0.25) is 5.10 Å². The molecule has 0 radical (unpaired) electrons. The van der Waals surface area contributed by atoms with Crippen LogP contribution in [0.1, 0.15) is 30.5 Å². The van der Waals surface area contributed by atoms with Crippen LogP contribution in [0, 0.1) is 13.8 Å². The normalized spacial score (nSPS) is 10.2. The van der Waals surface area contributed by atoms with Crippen molar-refractivity contribution in [3.8, 4) is 22.8 Å². The van der Waals surface area contributed by atoms with E-state index in [4.69, 9.17) is 4.74 Å². The van der Waals surface area contributed by atoms with Gasteiger partial charge in [-0.05, 0) is 36.6 Å². The summed E-state index contributed by atoms with van der Waals surface area (Å²) in [4.78, 5) is 4.64. The lowest BCUT2D eigenvalue weighted by Crippen LogP contribution is -1.93. The maximum atomic E-state index is 5.25. The van der Waals surface area contributed by atoms with E-state index in [0.717, 1.165) is 22.5 Å². The Morgan fingerprint density at radius 2 is 1.75 bits per heavy atom. The van der Waals surface area contributed by atoms with Crippen molar-refractivity contribution in [2.75, 3.05) is 7.11 Å². The number of benzene rings is 2. The number of hydrogen-bond donors (Lipinski definition) is 1. The third-order valence-electron chi connectivity index (χ3n) is 3.82. The van der Waals surface area contributed by atoms with Gasteiger partial charge in [-0.15, -0.1) is 0 Å². The summed E-state index contributed by atoms with van der Waals surface area (Å²) in [6.45, 7) is 8.75. The molecule has 1 heterocycles. The van der Waals surface area contributed by atoms with Crippen LogP contribution in [0.4, 0.5) is 0 Å². The smallest absolute Gasteiger partial charge is 0.181 e. The Kier molecular flexibility index (Phi) is 6.27. The highest BCUT2D eigenvalue weighted by Gasteiger charge is 2.11. The molecule has 1 N–H and O–H groups in total. The molecule has 3 rings (SSSR count). The summed E-state index contributed by atoms with van der Waals surface area (Å²) in [7, 11) is 1.69. The summed E-state index contributed by atoms with van der Waals surface area (Å²) in [5.41, 5.74) is 5.64. The molecule has 0 fully saturated rings. The molecule has 1 aromatic heterocycles. The molecule has 3 aromatic rings. The van der Waals surface area contributed by atoms with Gasteiger partial charge in [-0.1, -0.05) is 50.2 Å². The van der Waals surface area contributed by atoms with E-state index in [-0.39, 0.29) is 0 Å². The first-order chi connectivity index (χ1) is 11.7. The fourth-order valence-corrected chi connectivity index (χ4v) is 2.42. The molecule has 24 heavy (non-hydrogen) atoms. The minimum absolute atomic E-state index is 0.551. The van der Waals surface area contributed by atoms with Gasteiger partial charge in [0.1, 0.15) is 0 Å². The largest absolute Gasteiger partial charge is 0.380 e. The molecule has 0 spiro atoms. The molecule has 0 unspecified atom stereocenters. The van der Waals surface area contributed by atoms with Crippen molar-refractivity contribution in [3.63, 3.8) is 0 Å². The van der Waals surface area contributed by atoms with Crippen molar-refractivity contribution in [2.45, 2.75) is 34.3 Å². The predicted octanol–water partition coefficient (Wildman–Crippen LogP) is 4.93. The SMILES string of the molecule is CC.COCc1ccccc1-c1nc(-c2ccc(C)c(C)c2)n[nH]1. The van der Waals surface area contributed by atoms with E-state index in [2.05, 4.69) is 47.2 Å². The van der Waals surface area contributed by atoms with Gasteiger partial charge in [-0.25, -0.2) is 4.98 Å². The summed E-state index contributed by atoms with van der Waals surface area (Å²) < 4.78 is 5.25. The summed E-state index contributed by atoms with van der Waals surface area (Å²) >= 11 is 0. The van der Waals surface area contributed by atoms with Crippen molar-refractivity contribution in [1.82, 2.24) is 15.2 Å². The van der Waals surface area contributed by atoms with Crippen molar-refractivity contribution in [3.05, 3.63) is 59.2 Å². The Morgan fingerprint density at radius 3 is 2.46 bits per heavy atom. The average molecular weight is 323 g/mol. The Morgan fingerprint density at radius 1 is 1.00 bits per heavy atom. The molecule has 0 bridgehead atoms. The molecule has 4 nitrogen and oxygen atoms in total. The zero-order valence-electron chi connectivity index (χ0n) is 15.1. The average Bonchev–Trinajstić information content (AvgIpc) is 3.10. The molecule has 126 valence electrons. The van der Waals surface area contributed by atoms with Crippen molar-refractivity contribution < 1.29 is 4.74 Å².